The molecule has 9 heteroatoms. The maximum absolute atomic E-state index is 12.2. The fourth-order valence-electron chi connectivity index (χ4n) is 2.09. The number of anilines is 2. The van der Waals surface area contributed by atoms with Crippen LogP contribution in [0.1, 0.15) is 22.5 Å². The van der Waals surface area contributed by atoms with E-state index in [1.165, 1.54) is 11.3 Å². The molecule has 21 heavy (non-hydrogen) atoms. The van der Waals surface area contributed by atoms with Gasteiger partial charge in [-0.25, -0.2) is 4.98 Å². The molecule has 1 aliphatic rings. The Morgan fingerprint density at radius 2 is 1.86 bits per heavy atom. The number of hydrogen-bond acceptors (Lipinski definition) is 8. The van der Waals surface area contributed by atoms with Crippen molar-refractivity contribution in [3.63, 3.8) is 0 Å². The highest BCUT2D eigenvalue weighted by Gasteiger charge is 2.32. The monoisotopic (exact) mass is 316 g/mol. The van der Waals surface area contributed by atoms with Crippen LogP contribution in [0.25, 0.3) is 0 Å². The van der Waals surface area contributed by atoms with E-state index in [-0.39, 0.29) is 10.7 Å². The van der Waals surface area contributed by atoms with Crippen molar-refractivity contribution >= 4 is 28.2 Å². The van der Waals surface area contributed by atoms with Crippen molar-refractivity contribution in [3.05, 3.63) is 4.88 Å². The number of aliphatic hydroxyl groups is 3. The number of rotatable bonds is 6. The van der Waals surface area contributed by atoms with Crippen LogP contribution in [0.2, 0.25) is 0 Å². The summed E-state index contributed by atoms with van der Waals surface area (Å²) in [7, 11) is 0. The molecule has 0 spiro atoms. The van der Waals surface area contributed by atoms with Crippen molar-refractivity contribution < 1.29 is 20.1 Å². The van der Waals surface area contributed by atoms with E-state index < -0.39 is 31.3 Å². The number of nitrogen functional groups attached to an aromatic ring is 1. The van der Waals surface area contributed by atoms with Crippen molar-refractivity contribution in [1.82, 2.24) is 10.3 Å². The Labute approximate surface area is 126 Å². The van der Waals surface area contributed by atoms with E-state index in [2.05, 4.69) is 15.2 Å². The molecule has 2 rings (SSSR count). The van der Waals surface area contributed by atoms with Gasteiger partial charge in [-0.1, -0.05) is 11.3 Å². The van der Waals surface area contributed by atoms with Gasteiger partial charge in [0.25, 0.3) is 5.91 Å². The number of amides is 1. The molecule has 0 atom stereocenters. The van der Waals surface area contributed by atoms with Gasteiger partial charge in [-0.15, -0.1) is 0 Å². The summed E-state index contributed by atoms with van der Waals surface area (Å²) < 4.78 is 0. The largest absolute Gasteiger partial charge is 0.394 e. The first-order chi connectivity index (χ1) is 10.0. The second-order valence-corrected chi connectivity index (χ2v) is 6.09. The van der Waals surface area contributed by atoms with Crippen LogP contribution >= 0.6 is 11.3 Å². The summed E-state index contributed by atoms with van der Waals surface area (Å²) in [6, 6.07) is 0. The quantitative estimate of drug-likeness (QED) is 0.444. The summed E-state index contributed by atoms with van der Waals surface area (Å²) in [6.45, 7) is 0.0417. The molecule has 0 aromatic carbocycles. The topological polar surface area (TPSA) is 132 Å². The van der Waals surface area contributed by atoms with Crippen LogP contribution in [-0.2, 0) is 0 Å². The number of nitrogens with two attached hydrogens (primary N) is 1. The van der Waals surface area contributed by atoms with Crippen LogP contribution in [0.15, 0.2) is 0 Å². The number of hydrogen-bond donors (Lipinski definition) is 5. The van der Waals surface area contributed by atoms with Crippen LogP contribution in [0, 0.1) is 0 Å². The Morgan fingerprint density at radius 1 is 1.29 bits per heavy atom. The Kier molecular flexibility index (Phi) is 4.99. The molecule has 0 saturated carbocycles. The summed E-state index contributed by atoms with van der Waals surface area (Å²) in [5.74, 6) is -0.449. The van der Waals surface area contributed by atoms with E-state index in [0.29, 0.717) is 5.13 Å². The molecule has 1 amide bonds. The Balaban J connectivity index is 2.15. The second kappa shape index (κ2) is 6.56. The molecule has 6 N–H and O–H groups in total. The molecule has 0 bridgehead atoms. The molecule has 1 saturated heterocycles. The summed E-state index contributed by atoms with van der Waals surface area (Å²) in [5.41, 5.74) is 4.31. The molecule has 118 valence electrons. The SMILES string of the molecule is Nc1nc(N2CCCC2)sc1C(=O)NC(CO)(CO)CO. The number of thiazole rings is 1. The highest BCUT2D eigenvalue weighted by Crippen LogP contribution is 2.30. The zero-order chi connectivity index (χ0) is 15.5. The molecule has 0 unspecified atom stereocenters. The third-order valence-electron chi connectivity index (χ3n) is 3.51. The van der Waals surface area contributed by atoms with Gasteiger partial charge >= 0.3 is 0 Å². The molecule has 2 heterocycles. The van der Waals surface area contributed by atoms with Crippen LogP contribution < -0.4 is 16.0 Å². The lowest BCUT2D eigenvalue weighted by Crippen LogP contribution is -2.57. The maximum atomic E-state index is 12.2. The van der Waals surface area contributed by atoms with E-state index in [4.69, 9.17) is 5.73 Å². The van der Waals surface area contributed by atoms with Gasteiger partial charge in [0.1, 0.15) is 16.2 Å². The lowest BCUT2D eigenvalue weighted by atomic mass is 10.0. The number of carbonyl (C=O) groups is 1. The average molecular weight is 316 g/mol. The minimum Gasteiger partial charge on any atom is -0.394 e. The molecule has 1 aliphatic heterocycles. The third-order valence-corrected chi connectivity index (χ3v) is 4.64. The molecular weight excluding hydrogens is 296 g/mol. The van der Waals surface area contributed by atoms with Gasteiger partial charge < -0.3 is 31.3 Å². The average Bonchev–Trinajstić information content (AvgIpc) is 3.14. The zero-order valence-electron chi connectivity index (χ0n) is 11.6. The van der Waals surface area contributed by atoms with Gasteiger partial charge in [0.2, 0.25) is 0 Å². The highest BCUT2D eigenvalue weighted by molar-refractivity contribution is 7.18. The van der Waals surface area contributed by atoms with Gasteiger partial charge in [-0.05, 0) is 12.8 Å². The van der Waals surface area contributed by atoms with E-state index >= 15 is 0 Å². The Hall–Kier alpha value is -1.42. The maximum Gasteiger partial charge on any atom is 0.265 e. The van der Waals surface area contributed by atoms with Crippen molar-refractivity contribution in [2.24, 2.45) is 0 Å². The Morgan fingerprint density at radius 3 is 2.38 bits per heavy atom. The summed E-state index contributed by atoms with van der Waals surface area (Å²) >= 11 is 1.17. The minimum atomic E-state index is -1.47. The molecule has 0 aliphatic carbocycles. The van der Waals surface area contributed by atoms with Gasteiger partial charge in [0.15, 0.2) is 5.13 Å². The fraction of sp³-hybridized carbons (Fsp3) is 0.667. The molecule has 1 aromatic rings. The summed E-state index contributed by atoms with van der Waals surface area (Å²) in [5, 5.41) is 30.8. The molecular formula is C12H20N4O4S. The normalized spacial score (nSPS) is 15.5. The van der Waals surface area contributed by atoms with Crippen LogP contribution in [0.4, 0.5) is 10.9 Å². The van der Waals surface area contributed by atoms with Crippen molar-refractivity contribution in [2.75, 3.05) is 43.5 Å². The Bertz CT molecular complexity index is 489. The lowest BCUT2D eigenvalue weighted by molar-refractivity contribution is 0.0377. The van der Waals surface area contributed by atoms with Crippen LogP contribution in [0.5, 0.6) is 0 Å². The number of aromatic nitrogens is 1. The van der Waals surface area contributed by atoms with Gasteiger partial charge in [0, 0.05) is 13.1 Å². The van der Waals surface area contributed by atoms with Gasteiger partial charge in [0.05, 0.1) is 19.8 Å². The van der Waals surface area contributed by atoms with E-state index in [9.17, 15) is 20.1 Å². The number of carbonyl (C=O) groups excluding carboxylic acids is 1. The smallest absolute Gasteiger partial charge is 0.265 e. The molecule has 1 fully saturated rings. The van der Waals surface area contributed by atoms with Crippen molar-refractivity contribution in [3.8, 4) is 0 Å². The third kappa shape index (κ3) is 3.26. The highest BCUT2D eigenvalue weighted by atomic mass is 32.1. The first-order valence-electron chi connectivity index (χ1n) is 6.71. The molecule has 8 nitrogen and oxygen atoms in total. The standard InChI is InChI=1S/C12H20N4O4S/c13-9-8(10(20)15-12(5-17,6-18)7-19)21-11(14-9)16-3-1-2-4-16/h17-19H,1-7,13H2,(H,15,20). The first-order valence-corrected chi connectivity index (χ1v) is 7.53. The molecule has 1 aromatic heterocycles. The minimum absolute atomic E-state index is 0.113. The molecule has 0 radical (unpaired) electrons. The van der Waals surface area contributed by atoms with Crippen molar-refractivity contribution in [1.29, 1.82) is 0 Å². The van der Waals surface area contributed by atoms with Crippen LogP contribution in [0.3, 0.4) is 0 Å². The van der Waals surface area contributed by atoms with E-state index in [0.717, 1.165) is 25.9 Å². The van der Waals surface area contributed by atoms with Gasteiger partial charge in [-0.2, -0.15) is 0 Å². The predicted octanol–water partition coefficient (Wildman–Crippen LogP) is -1.23. The summed E-state index contributed by atoms with van der Waals surface area (Å²) in [4.78, 5) is 18.7. The lowest BCUT2D eigenvalue weighted by Gasteiger charge is -2.28. The second-order valence-electron chi connectivity index (χ2n) is 5.11. The number of nitrogens with zero attached hydrogens (tertiary/aromatic N) is 2. The number of aliphatic hydroxyl groups excluding tert-OH is 3. The van der Waals surface area contributed by atoms with E-state index in [1.807, 2.05) is 0 Å². The summed E-state index contributed by atoms with van der Waals surface area (Å²) in [6.07, 6.45) is 2.17. The zero-order valence-corrected chi connectivity index (χ0v) is 12.4. The van der Waals surface area contributed by atoms with Gasteiger partial charge in [-0.3, -0.25) is 4.79 Å². The predicted molar refractivity (Wildman–Crippen MR) is 79.4 cm³/mol. The van der Waals surface area contributed by atoms with Crippen molar-refractivity contribution in [2.45, 2.75) is 18.4 Å². The van der Waals surface area contributed by atoms with E-state index in [1.54, 1.807) is 0 Å². The van der Waals surface area contributed by atoms with Crippen LogP contribution in [-0.4, -0.2) is 64.7 Å². The first kappa shape index (κ1) is 16.0. The number of nitrogens with one attached hydrogen (secondary N) is 1. The fourth-order valence-corrected chi connectivity index (χ4v) is 3.02.